The Morgan fingerprint density at radius 2 is 1.31 bits per heavy atom. The van der Waals surface area contributed by atoms with E-state index in [2.05, 4.69) is 36.2 Å². The van der Waals surface area contributed by atoms with E-state index in [1.165, 1.54) is 11.1 Å². The van der Waals surface area contributed by atoms with Crippen molar-refractivity contribution >= 4 is 17.7 Å². The molecule has 0 N–H and O–H groups in total. The fourth-order valence-electron chi connectivity index (χ4n) is 2.53. The number of rotatable bonds is 4. The molecule has 0 saturated carbocycles. The summed E-state index contributed by atoms with van der Waals surface area (Å²) in [5.41, 5.74) is 5.62. The van der Waals surface area contributed by atoms with Crippen LogP contribution in [0, 0.1) is 13.8 Å². The first-order valence-electron chi connectivity index (χ1n) is 8.62. The number of hydrogen-bond donors (Lipinski definition) is 0. The van der Waals surface area contributed by atoms with Gasteiger partial charge >= 0.3 is 0 Å². The van der Waals surface area contributed by atoms with Gasteiger partial charge in [0, 0.05) is 11.1 Å². The Bertz CT molecular complexity index is 934. The van der Waals surface area contributed by atoms with Gasteiger partial charge in [-0.2, -0.15) is 0 Å². The minimum absolute atomic E-state index is 0.241. The Labute approximate surface area is 154 Å². The van der Waals surface area contributed by atoms with Crippen LogP contribution in [0.2, 0.25) is 0 Å². The van der Waals surface area contributed by atoms with Gasteiger partial charge < -0.3 is 0 Å². The summed E-state index contributed by atoms with van der Waals surface area (Å²) in [5, 5.41) is 0. The Kier molecular flexibility index (Phi) is 5.55. The van der Waals surface area contributed by atoms with Gasteiger partial charge in [0.25, 0.3) is 5.91 Å². The lowest BCUT2D eigenvalue weighted by molar-refractivity contribution is 0.100. The van der Waals surface area contributed by atoms with E-state index in [4.69, 9.17) is 0 Å². The molecule has 0 fully saturated rings. The molecule has 0 aliphatic rings. The maximum atomic E-state index is 12.5. The first kappa shape index (κ1) is 17.6. The number of hydrogen-bond acceptors (Lipinski definition) is 1. The minimum Gasteiger partial charge on any atom is -0.267 e. The van der Waals surface area contributed by atoms with E-state index in [0.29, 0.717) is 11.3 Å². The lowest BCUT2D eigenvalue weighted by Gasteiger charge is -2.04. The average molecular weight is 339 g/mol. The predicted molar refractivity (Wildman–Crippen MR) is 109 cm³/mol. The zero-order chi connectivity index (χ0) is 18.4. The summed E-state index contributed by atoms with van der Waals surface area (Å²) < 4.78 is 0. The van der Waals surface area contributed by atoms with E-state index in [0.717, 1.165) is 11.1 Å². The van der Waals surface area contributed by atoms with Crippen LogP contribution in [0.4, 0.5) is 0 Å². The van der Waals surface area contributed by atoms with Crippen LogP contribution >= 0.6 is 0 Å². The molecule has 0 saturated heterocycles. The fraction of sp³-hybridized carbons (Fsp3) is 0.0833. The number of nitrogens with zero attached hydrogens (tertiary/aromatic N) is 1. The smallest absolute Gasteiger partial charge is 0.267 e. The Balaban J connectivity index is 1.96. The molecular weight excluding hydrogens is 318 g/mol. The molecule has 2 nitrogen and oxygen atoms in total. The Morgan fingerprint density at radius 3 is 1.92 bits per heavy atom. The zero-order valence-electron chi connectivity index (χ0n) is 15.0. The van der Waals surface area contributed by atoms with Gasteiger partial charge in [0.2, 0.25) is 0 Å². The van der Waals surface area contributed by atoms with Gasteiger partial charge in [-0.05, 0) is 37.6 Å². The van der Waals surface area contributed by atoms with Gasteiger partial charge in [-0.15, -0.1) is 0 Å². The number of aliphatic imine (C=N–C) groups is 1. The van der Waals surface area contributed by atoms with Crippen LogP contribution in [0.5, 0.6) is 0 Å². The van der Waals surface area contributed by atoms with E-state index < -0.39 is 0 Å². The van der Waals surface area contributed by atoms with Crippen LogP contribution in [0.3, 0.4) is 0 Å². The first-order chi connectivity index (χ1) is 12.6. The molecule has 0 radical (unpaired) electrons. The van der Waals surface area contributed by atoms with E-state index in [1.807, 2.05) is 61.5 Å². The van der Waals surface area contributed by atoms with E-state index in [9.17, 15) is 4.79 Å². The van der Waals surface area contributed by atoms with Crippen LogP contribution in [0.1, 0.15) is 32.6 Å². The molecular formula is C24H21NO. The quantitative estimate of drug-likeness (QED) is 0.565. The van der Waals surface area contributed by atoms with Crippen LogP contribution in [-0.2, 0) is 0 Å². The van der Waals surface area contributed by atoms with Gasteiger partial charge in [-0.3, -0.25) is 4.79 Å². The summed E-state index contributed by atoms with van der Waals surface area (Å²) >= 11 is 0. The number of aryl methyl sites for hydroxylation is 2. The SMILES string of the molecule is Cc1ccc(/C=C/C(=NC(=O)c2ccccc2)c2ccc(C)cc2)cc1. The van der Waals surface area contributed by atoms with Crippen molar-refractivity contribution in [2.75, 3.05) is 0 Å². The Morgan fingerprint density at radius 1 is 0.731 bits per heavy atom. The molecule has 0 aliphatic carbocycles. The molecule has 3 aromatic carbocycles. The van der Waals surface area contributed by atoms with Crippen molar-refractivity contribution < 1.29 is 4.79 Å². The second-order valence-electron chi connectivity index (χ2n) is 6.28. The normalized spacial score (nSPS) is 11.7. The lowest BCUT2D eigenvalue weighted by atomic mass is 10.1. The van der Waals surface area contributed by atoms with Crippen molar-refractivity contribution in [1.82, 2.24) is 0 Å². The van der Waals surface area contributed by atoms with Gasteiger partial charge in [0.1, 0.15) is 0 Å². The molecule has 0 aliphatic heterocycles. The zero-order valence-corrected chi connectivity index (χ0v) is 15.0. The summed E-state index contributed by atoms with van der Waals surface area (Å²) in [4.78, 5) is 16.9. The standard InChI is InChI=1S/C24H21NO/c1-18-8-12-20(13-9-18)14-17-23(21-15-10-19(2)11-16-21)25-24(26)22-6-4-3-5-7-22/h3-17H,1-2H3/b17-14+,25-23?. The monoisotopic (exact) mass is 339 g/mol. The molecule has 26 heavy (non-hydrogen) atoms. The number of amides is 1. The highest BCUT2D eigenvalue weighted by atomic mass is 16.1. The minimum atomic E-state index is -0.241. The van der Waals surface area contributed by atoms with Crippen molar-refractivity contribution in [3.63, 3.8) is 0 Å². The molecule has 0 atom stereocenters. The number of carbonyl (C=O) groups is 1. The molecule has 0 unspecified atom stereocenters. The molecule has 0 spiro atoms. The predicted octanol–water partition coefficient (Wildman–Crippen LogP) is 5.65. The molecule has 0 bridgehead atoms. The van der Waals surface area contributed by atoms with Crippen LogP contribution < -0.4 is 0 Å². The molecule has 128 valence electrons. The van der Waals surface area contributed by atoms with Crippen LogP contribution in [0.15, 0.2) is 89.9 Å². The summed E-state index contributed by atoms with van der Waals surface area (Å²) in [6.45, 7) is 4.10. The van der Waals surface area contributed by atoms with Gasteiger partial charge in [-0.25, -0.2) is 4.99 Å². The molecule has 3 rings (SSSR count). The van der Waals surface area contributed by atoms with Gasteiger partial charge in [0.15, 0.2) is 0 Å². The van der Waals surface area contributed by atoms with E-state index in [-0.39, 0.29) is 5.91 Å². The average Bonchev–Trinajstić information content (AvgIpc) is 2.67. The largest absolute Gasteiger partial charge is 0.277 e. The van der Waals surface area contributed by atoms with Gasteiger partial charge in [0.05, 0.1) is 5.71 Å². The van der Waals surface area contributed by atoms with Crippen molar-refractivity contribution in [1.29, 1.82) is 0 Å². The maximum Gasteiger partial charge on any atom is 0.277 e. The second-order valence-corrected chi connectivity index (χ2v) is 6.28. The molecule has 0 heterocycles. The molecule has 3 aromatic rings. The highest BCUT2D eigenvalue weighted by molar-refractivity contribution is 6.17. The third-order valence-corrected chi connectivity index (χ3v) is 4.10. The van der Waals surface area contributed by atoms with E-state index >= 15 is 0 Å². The fourth-order valence-corrected chi connectivity index (χ4v) is 2.53. The maximum absolute atomic E-state index is 12.5. The number of carbonyl (C=O) groups excluding carboxylic acids is 1. The van der Waals surface area contributed by atoms with Gasteiger partial charge in [-0.1, -0.05) is 83.9 Å². The molecule has 2 heteroatoms. The summed E-state index contributed by atoms with van der Waals surface area (Å²) in [5.74, 6) is -0.241. The third kappa shape index (κ3) is 4.64. The second kappa shape index (κ2) is 8.21. The van der Waals surface area contributed by atoms with Crippen LogP contribution in [0.25, 0.3) is 6.08 Å². The van der Waals surface area contributed by atoms with E-state index in [1.54, 1.807) is 12.1 Å². The Hall–Kier alpha value is -3.26. The summed E-state index contributed by atoms with van der Waals surface area (Å²) in [7, 11) is 0. The first-order valence-corrected chi connectivity index (χ1v) is 8.62. The topological polar surface area (TPSA) is 29.4 Å². The third-order valence-electron chi connectivity index (χ3n) is 4.10. The van der Waals surface area contributed by atoms with Crippen LogP contribution in [-0.4, -0.2) is 11.6 Å². The lowest BCUT2D eigenvalue weighted by Crippen LogP contribution is -2.03. The summed E-state index contributed by atoms with van der Waals surface area (Å²) in [6.07, 6.45) is 3.88. The highest BCUT2D eigenvalue weighted by Crippen LogP contribution is 2.11. The van der Waals surface area contributed by atoms with Crippen molar-refractivity contribution in [2.24, 2.45) is 4.99 Å². The van der Waals surface area contributed by atoms with Crippen molar-refractivity contribution in [3.05, 3.63) is 113 Å². The molecule has 0 aromatic heterocycles. The number of allylic oxidation sites excluding steroid dienone is 1. The highest BCUT2D eigenvalue weighted by Gasteiger charge is 2.07. The number of benzene rings is 3. The summed E-state index contributed by atoms with van der Waals surface area (Å²) in [6, 6.07) is 25.4. The van der Waals surface area contributed by atoms with Crippen molar-refractivity contribution in [3.8, 4) is 0 Å². The van der Waals surface area contributed by atoms with Crippen molar-refractivity contribution in [2.45, 2.75) is 13.8 Å². The molecule has 1 amide bonds.